The fraction of sp³-hybridized carbons (Fsp3) is 0.0385. The summed E-state index contributed by atoms with van der Waals surface area (Å²) in [6.07, 6.45) is 0. The molecule has 5 aromatic rings. The number of anilines is 1. The molecule has 33 heavy (non-hydrogen) atoms. The van der Waals surface area contributed by atoms with Gasteiger partial charge >= 0.3 is 0 Å². The zero-order valence-electron chi connectivity index (χ0n) is 17.5. The minimum Gasteiger partial charge on any atom is -0.489 e. The molecule has 0 spiro atoms. The predicted octanol–water partition coefficient (Wildman–Crippen LogP) is 5.91. The van der Waals surface area contributed by atoms with E-state index in [4.69, 9.17) is 16.3 Å². The van der Waals surface area contributed by atoms with Crippen LogP contribution in [0.15, 0.2) is 97.1 Å². The van der Waals surface area contributed by atoms with Crippen LogP contribution in [-0.4, -0.2) is 20.9 Å². The van der Waals surface area contributed by atoms with Gasteiger partial charge in [0, 0.05) is 16.3 Å². The van der Waals surface area contributed by atoms with Crippen LogP contribution < -0.4 is 10.1 Å². The van der Waals surface area contributed by atoms with Crippen molar-refractivity contribution in [2.75, 3.05) is 5.32 Å². The zero-order chi connectivity index (χ0) is 22.6. The monoisotopic (exact) mass is 454 g/mol. The maximum absolute atomic E-state index is 12.7. The Bertz CT molecular complexity index is 1400. The van der Waals surface area contributed by atoms with Gasteiger partial charge in [-0.2, -0.15) is 4.80 Å². The van der Waals surface area contributed by atoms with Gasteiger partial charge < -0.3 is 10.1 Å². The number of halogens is 1. The van der Waals surface area contributed by atoms with Crippen molar-refractivity contribution in [2.24, 2.45) is 0 Å². The summed E-state index contributed by atoms with van der Waals surface area (Å²) in [6.45, 7) is 0.475. The molecule has 0 atom stereocenters. The maximum atomic E-state index is 12.7. The fourth-order valence-corrected chi connectivity index (χ4v) is 3.45. The number of aromatic nitrogens is 3. The molecule has 0 saturated heterocycles. The molecule has 4 aromatic carbocycles. The second kappa shape index (κ2) is 9.14. The van der Waals surface area contributed by atoms with Crippen LogP contribution in [0.3, 0.4) is 0 Å². The van der Waals surface area contributed by atoms with Crippen LogP contribution >= 0.6 is 11.6 Å². The molecule has 0 aliphatic heterocycles. The molecule has 5 rings (SSSR count). The first-order valence-electron chi connectivity index (χ1n) is 10.4. The van der Waals surface area contributed by atoms with Crippen LogP contribution in [0.2, 0.25) is 5.02 Å². The van der Waals surface area contributed by atoms with Crippen LogP contribution in [0, 0.1) is 0 Å². The van der Waals surface area contributed by atoms with Crippen molar-refractivity contribution in [3.8, 4) is 11.4 Å². The van der Waals surface area contributed by atoms with Crippen molar-refractivity contribution in [3.05, 3.63) is 113 Å². The number of ether oxygens (including phenoxy) is 1. The van der Waals surface area contributed by atoms with Gasteiger partial charge in [-0.3, -0.25) is 4.79 Å². The van der Waals surface area contributed by atoms with E-state index in [2.05, 4.69) is 15.5 Å². The smallest absolute Gasteiger partial charge is 0.255 e. The van der Waals surface area contributed by atoms with E-state index in [1.807, 2.05) is 48.5 Å². The topological polar surface area (TPSA) is 69.0 Å². The molecule has 6 nitrogen and oxygen atoms in total. The minimum absolute atomic E-state index is 0.214. The number of hydrogen-bond acceptors (Lipinski definition) is 4. The van der Waals surface area contributed by atoms with Gasteiger partial charge in [-0.15, -0.1) is 10.2 Å². The molecule has 0 fully saturated rings. The van der Waals surface area contributed by atoms with Gasteiger partial charge in [-0.1, -0.05) is 41.9 Å². The quantitative estimate of drug-likeness (QED) is 0.346. The van der Waals surface area contributed by atoms with E-state index in [0.29, 0.717) is 34.1 Å². The Hall–Kier alpha value is -4.16. The molecule has 0 aliphatic rings. The van der Waals surface area contributed by atoms with Crippen LogP contribution in [0.4, 0.5) is 5.69 Å². The summed E-state index contributed by atoms with van der Waals surface area (Å²) >= 11 is 5.95. The molecule has 7 heteroatoms. The molecule has 1 amide bonds. The average Bonchev–Trinajstić information content (AvgIpc) is 3.27. The average molecular weight is 455 g/mol. The van der Waals surface area contributed by atoms with Crippen molar-refractivity contribution in [1.29, 1.82) is 0 Å². The lowest BCUT2D eigenvalue weighted by Gasteiger charge is -2.08. The number of carbonyl (C=O) groups excluding carboxylic acids is 1. The second-order valence-corrected chi connectivity index (χ2v) is 7.86. The van der Waals surface area contributed by atoms with E-state index >= 15 is 0 Å². The van der Waals surface area contributed by atoms with Gasteiger partial charge in [0.1, 0.15) is 23.4 Å². The van der Waals surface area contributed by atoms with Gasteiger partial charge in [0.15, 0.2) is 0 Å². The van der Waals surface area contributed by atoms with Crippen molar-refractivity contribution < 1.29 is 9.53 Å². The lowest BCUT2D eigenvalue weighted by atomic mass is 10.2. The van der Waals surface area contributed by atoms with Crippen molar-refractivity contribution in [3.63, 3.8) is 0 Å². The van der Waals surface area contributed by atoms with Crippen molar-refractivity contribution in [2.45, 2.75) is 6.61 Å². The van der Waals surface area contributed by atoms with E-state index in [-0.39, 0.29) is 5.91 Å². The van der Waals surface area contributed by atoms with Crippen LogP contribution in [-0.2, 0) is 6.61 Å². The lowest BCUT2D eigenvalue weighted by Crippen LogP contribution is -2.11. The van der Waals surface area contributed by atoms with Gasteiger partial charge in [0.05, 0.1) is 5.69 Å². The number of hydrogen-bond donors (Lipinski definition) is 1. The van der Waals surface area contributed by atoms with Crippen LogP contribution in [0.1, 0.15) is 15.9 Å². The number of nitrogens with zero attached hydrogens (tertiary/aromatic N) is 3. The highest BCUT2D eigenvalue weighted by atomic mass is 35.5. The van der Waals surface area contributed by atoms with Gasteiger partial charge in [-0.25, -0.2) is 0 Å². The number of amides is 1. The summed E-state index contributed by atoms with van der Waals surface area (Å²) in [5, 5.41) is 12.5. The second-order valence-electron chi connectivity index (χ2n) is 7.42. The zero-order valence-corrected chi connectivity index (χ0v) is 18.2. The molecule has 0 bridgehead atoms. The van der Waals surface area contributed by atoms with Gasteiger partial charge in [0.25, 0.3) is 5.91 Å². The normalized spacial score (nSPS) is 10.8. The first kappa shape index (κ1) is 20.7. The Morgan fingerprint density at radius 1 is 0.848 bits per heavy atom. The Labute approximate surface area is 195 Å². The molecule has 1 N–H and O–H groups in total. The fourth-order valence-electron chi connectivity index (χ4n) is 3.33. The van der Waals surface area contributed by atoms with Gasteiger partial charge in [-0.05, 0) is 72.3 Å². The molecule has 0 saturated carbocycles. The SMILES string of the molecule is O=C(Nc1ccc2nn(-c3ccc(Cl)cc3)nc2c1)c1ccc(OCc2ccccc2)cc1. The molecule has 1 heterocycles. The molecular weight excluding hydrogens is 436 g/mol. The summed E-state index contributed by atoms with van der Waals surface area (Å²) in [4.78, 5) is 14.2. The van der Waals surface area contributed by atoms with Crippen molar-refractivity contribution >= 4 is 34.2 Å². The first-order valence-corrected chi connectivity index (χ1v) is 10.7. The largest absolute Gasteiger partial charge is 0.489 e. The number of nitrogens with one attached hydrogen (secondary N) is 1. The summed E-state index contributed by atoms with van der Waals surface area (Å²) in [5.74, 6) is 0.490. The third-order valence-corrected chi connectivity index (χ3v) is 5.31. The highest BCUT2D eigenvalue weighted by molar-refractivity contribution is 6.30. The Morgan fingerprint density at radius 3 is 2.33 bits per heavy atom. The van der Waals surface area contributed by atoms with Gasteiger partial charge in [0.2, 0.25) is 0 Å². The van der Waals surface area contributed by atoms with Crippen LogP contribution in [0.25, 0.3) is 16.7 Å². The highest BCUT2D eigenvalue weighted by Crippen LogP contribution is 2.20. The van der Waals surface area contributed by atoms with E-state index in [0.717, 1.165) is 16.8 Å². The Kier molecular flexibility index (Phi) is 5.74. The summed E-state index contributed by atoms with van der Waals surface area (Å²) < 4.78 is 5.78. The van der Waals surface area contributed by atoms with E-state index < -0.39 is 0 Å². The standard InChI is InChI=1S/C26H19ClN4O2/c27-20-8-11-22(12-9-20)31-29-24-15-10-21(16-25(24)30-31)28-26(32)19-6-13-23(14-7-19)33-17-18-4-2-1-3-5-18/h1-16H,17H2,(H,28,32). The highest BCUT2D eigenvalue weighted by Gasteiger charge is 2.10. The molecular formula is C26H19ClN4O2. The number of carbonyl (C=O) groups is 1. The molecule has 0 radical (unpaired) electrons. The number of benzene rings is 4. The molecule has 0 aliphatic carbocycles. The molecule has 162 valence electrons. The third kappa shape index (κ3) is 4.86. The van der Waals surface area contributed by atoms with Crippen LogP contribution in [0.5, 0.6) is 5.75 Å². The minimum atomic E-state index is -0.214. The lowest BCUT2D eigenvalue weighted by molar-refractivity contribution is 0.102. The number of fused-ring (bicyclic) bond motifs is 1. The summed E-state index contributed by atoms with van der Waals surface area (Å²) in [7, 11) is 0. The number of rotatable bonds is 6. The van der Waals surface area contributed by atoms with E-state index in [1.54, 1.807) is 53.3 Å². The summed E-state index contributed by atoms with van der Waals surface area (Å²) in [5.41, 5.74) is 4.46. The predicted molar refractivity (Wildman–Crippen MR) is 129 cm³/mol. The Morgan fingerprint density at radius 2 is 1.58 bits per heavy atom. The maximum Gasteiger partial charge on any atom is 0.255 e. The molecule has 1 aromatic heterocycles. The van der Waals surface area contributed by atoms with Crippen molar-refractivity contribution in [1.82, 2.24) is 15.0 Å². The molecule has 0 unspecified atom stereocenters. The Balaban J connectivity index is 1.26. The first-order chi connectivity index (χ1) is 16.1. The summed E-state index contributed by atoms with van der Waals surface area (Å²) in [6, 6.07) is 29.7. The third-order valence-electron chi connectivity index (χ3n) is 5.06. The van der Waals surface area contributed by atoms with E-state index in [9.17, 15) is 4.79 Å². The van der Waals surface area contributed by atoms with E-state index in [1.165, 1.54) is 0 Å².